The number of hydrogen-bond acceptors (Lipinski definition) is 11. The van der Waals surface area contributed by atoms with E-state index in [9.17, 15) is 18.9 Å². The summed E-state index contributed by atoms with van der Waals surface area (Å²) >= 11 is 8.31. The molecule has 4 aromatic carbocycles. The Hall–Kier alpha value is -5.04. The summed E-state index contributed by atoms with van der Waals surface area (Å²) in [6.07, 6.45) is 5.51. The monoisotopic (exact) mass is 945 g/mol. The third-order valence-electron chi connectivity index (χ3n) is 13.5. The van der Waals surface area contributed by atoms with Crippen LogP contribution >= 0.6 is 30.5 Å². The van der Waals surface area contributed by atoms with Crippen molar-refractivity contribution < 1.29 is 23.7 Å². The van der Waals surface area contributed by atoms with Crippen molar-refractivity contribution in [3.8, 4) is 5.75 Å². The highest BCUT2D eigenvalue weighted by atomic mass is 35.5. The number of nitrogens with one attached hydrogen (secondary N) is 1. The van der Waals surface area contributed by atoms with E-state index in [-0.39, 0.29) is 24.1 Å². The summed E-state index contributed by atoms with van der Waals surface area (Å²) in [7, 11) is -0.754. The number of nitrogens with zero attached hydrogens (tertiary/aromatic N) is 6. The van der Waals surface area contributed by atoms with Crippen LogP contribution in [0, 0.1) is 0 Å². The van der Waals surface area contributed by atoms with Gasteiger partial charge in [0.15, 0.2) is 0 Å². The van der Waals surface area contributed by atoms with Crippen LogP contribution in [0.1, 0.15) is 75.4 Å². The van der Waals surface area contributed by atoms with Gasteiger partial charge in [0.1, 0.15) is 24.8 Å². The first-order valence-corrected chi connectivity index (χ1v) is 26.9. The van der Waals surface area contributed by atoms with E-state index in [1.807, 2.05) is 36.4 Å². The second-order valence-electron chi connectivity index (χ2n) is 18.2. The lowest BCUT2D eigenvalue weighted by atomic mass is 10.0. The molecule has 5 heterocycles. The fourth-order valence-corrected chi connectivity index (χ4v) is 12.4. The van der Waals surface area contributed by atoms with Crippen molar-refractivity contribution in [2.45, 2.75) is 74.3 Å². The average molecular weight is 947 g/mol. The van der Waals surface area contributed by atoms with E-state index in [0.29, 0.717) is 48.3 Å². The number of thioether (sulfide) groups is 1. The average Bonchev–Trinajstić information content (AvgIpc) is 3.66. The Bertz CT molecular complexity index is 2660. The number of imide groups is 1. The predicted octanol–water partition coefficient (Wildman–Crippen LogP) is 7.41. The minimum Gasteiger partial charge on any atom is -0.496 e. The van der Waals surface area contributed by atoms with E-state index in [1.165, 1.54) is 16.8 Å². The molecule has 5 aromatic rings. The molecule has 3 amide bonds. The van der Waals surface area contributed by atoms with E-state index in [1.54, 1.807) is 43.3 Å². The van der Waals surface area contributed by atoms with Crippen molar-refractivity contribution >= 4 is 59.2 Å². The standard InChI is InChI=1S/C51H57ClN7O5PS/c1-64-45-29-39(16-15-36(45)28-48-53-30-42(52)43(54-48)27-37-7-4-5-9-46(37)65(2,3)63)57-21-19-38(20-22-57)58-25-23-56(24-26-58)31-34-11-13-35(14-12-34)33-66-47-10-6-8-40-41(47)32-59(51(40)62)44-17-18-49(60)55-50(44)61/h4-16,29-30,38,44H,17-28,31-33H2,1-3H3,(H,55,60,61). The third-order valence-corrected chi connectivity index (χ3v) is 16.6. The fraction of sp³-hybridized carbons (Fsp3) is 0.392. The number of aromatic nitrogens is 2. The van der Waals surface area contributed by atoms with Gasteiger partial charge in [-0.2, -0.15) is 0 Å². The second-order valence-corrected chi connectivity index (χ2v) is 22.8. The summed E-state index contributed by atoms with van der Waals surface area (Å²) < 4.78 is 18.9. The fourth-order valence-electron chi connectivity index (χ4n) is 9.89. The van der Waals surface area contributed by atoms with Crippen LogP contribution in [-0.4, -0.2) is 114 Å². The van der Waals surface area contributed by atoms with Gasteiger partial charge in [-0.3, -0.25) is 29.5 Å². The van der Waals surface area contributed by atoms with E-state index in [0.717, 1.165) is 103 Å². The lowest BCUT2D eigenvalue weighted by molar-refractivity contribution is -0.136. The number of piperidine rings is 2. The Labute approximate surface area is 396 Å². The maximum Gasteiger partial charge on any atom is 0.255 e. The maximum atomic E-state index is 13.3. The number of amides is 3. The number of carbonyl (C=O) groups is 3. The number of hydrogen-bond donors (Lipinski definition) is 1. The van der Waals surface area contributed by atoms with E-state index < -0.39 is 13.2 Å². The molecule has 4 aliphatic heterocycles. The van der Waals surface area contributed by atoms with Crippen LogP contribution in [0.5, 0.6) is 5.75 Å². The highest BCUT2D eigenvalue weighted by Crippen LogP contribution is 2.38. The SMILES string of the molecule is COc1cc(N2CCC(N3CCN(Cc4ccc(CSc5cccc6c5CN(C5CCC(=O)NC5=O)C6=O)cc4)CC3)CC2)ccc1Cc1ncc(Cl)c(Cc2ccccc2P(C)(C)=O)n1. The minimum absolute atomic E-state index is 0.140. The summed E-state index contributed by atoms with van der Waals surface area (Å²) in [5, 5.41) is 3.74. The van der Waals surface area contributed by atoms with E-state index in [4.69, 9.17) is 21.3 Å². The Kier molecular flexibility index (Phi) is 14.0. The Balaban J connectivity index is 0.727. The number of rotatable bonds is 14. The zero-order valence-electron chi connectivity index (χ0n) is 37.9. The molecular weight excluding hydrogens is 889 g/mol. The van der Waals surface area contributed by atoms with E-state index >= 15 is 0 Å². The predicted molar refractivity (Wildman–Crippen MR) is 262 cm³/mol. The number of benzene rings is 4. The molecule has 1 unspecified atom stereocenters. The zero-order chi connectivity index (χ0) is 46.0. The molecule has 15 heteroatoms. The van der Waals surface area contributed by atoms with Crippen molar-refractivity contribution in [1.82, 2.24) is 30.0 Å². The smallest absolute Gasteiger partial charge is 0.255 e. The van der Waals surface area contributed by atoms with Crippen molar-refractivity contribution in [3.63, 3.8) is 0 Å². The van der Waals surface area contributed by atoms with Gasteiger partial charge in [0.2, 0.25) is 11.8 Å². The lowest BCUT2D eigenvalue weighted by Gasteiger charge is -2.43. The van der Waals surface area contributed by atoms with Gasteiger partial charge in [-0.25, -0.2) is 9.97 Å². The number of halogens is 1. The van der Waals surface area contributed by atoms with Gasteiger partial charge >= 0.3 is 0 Å². The lowest BCUT2D eigenvalue weighted by Crippen LogP contribution is -2.53. The van der Waals surface area contributed by atoms with Gasteiger partial charge in [-0.15, -0.1) is 11.8 Å². The van der Waals surface area contributed by atoms with Crippen LogP contribution in [0.4, 0.5) is 5.69 Å². The summed E-state index contributed by atoms with van der Waals surface area (Å²) in [5.74, 6) is 1.45. The van der Waals surface area contributed by atoms with Gasteiger partial charge in [-0.05, 0) is 73.0 Å². The summed E-state index contributed by atoms with van der Waals surface area (Å²) in [6.45, 7) is 11.1. The number of carbonyl (C=O) groups excluding carboxylic acids is 3. The largest absolute Gasteiger partial charge is 0.496 e. The Morgan fingerprint density at radius 3 is 2.35 bits per heavy atom. The molecule has 66 heavy (non-hydrogen) atoms. The van der Waals surface area contributed by atoms with Crippen molar-refractivity contribution in [1.29, 1.82) is 0 Å². The molecule has 0 bridgehead atoms. The molecule has 3 fully saturated rings. The molecule has 1 N–H and O–H groups in total. The molecule has 344 valence electrons. The van der Waals surface area contributed by atoms with Gasteiger partial charge in [0.25, 0.3) is 5.91 Å². The van der Waals surface area contributed by atoms with Crippen molar-refractivity contribution in [3.05, 3.63) is 141 Å². The first kappa shape index (κ1) is 46.1. The molecule has 12 nitrogen and oxygen atoms in total. The minimum atomic E-state index is -2.47. The van der Waals surface area contributed by atoms with Crippen LogP contribution in [0.15, 0.2) is 96.0 Å². The normalized spacial score (nSPS) is 18.7. The molecule has 0 saturated carbocycles. The first-order chi connectivity index (χ1) is 31.9. The second kappa shape index (κ2) is 20.1. The van der Waals surface area contributed by atoms with Crippen LogP contribution in [0.25, 0.3) is 0 Å². The van der Waals surface area contributed by atoms with Crippen LogP contribution in [0.3, 0.4) is 0 Å². The first-order valence-electron chi connectivity index (χ1n) is 22.9. The number of fused-ring (bicyclic) bond motifs is 1. The topological polar surface area (TPSA) is 128 Å². The van der Waals surface area contributed by atoms with Crippen LogP contribution < -0.4 is 20.3 Å². The van der Waals surface area contributed by atoms with Gasteiger partial charge in [0, 0.05) is 123 Å². The van der Waals surface area contributed by atoms with Crippen molar-refractivity contribution in [2.75, 3.05) is 64.6 Å². The summed E-state index contributed by atoms with van der Waals surface area (Å²) in [6, 6.07) is 28.9. The molecule has 3 saturated heterocycles. The van der Waals surface area contributed by atoms with E-state index in [2.05, 4.69) is 73.5 Å². The van der Waals surface area contributed by atoms with Gasteiger partial charge in [-0.1, -0.05) is 72.3 Å². The molecule has 0 spiro atoms. The highest BCUT2D eigenvalue weighted by Gasteiger charge is 2.40. The number of methoxy groups -OCH3 is 1. The zero-order valence-corrected chi connectivity index (χ0v) is 40.3. The Morgan fingerprint density at radius 1 is 0.848 bits per heavy atom. The van der Waals surface area contributed by atoms with Crippen LogP contribution in [0.2, 0.25) is 5.02 Å². The number of ether oxygens (including phenoxy) is 1. The molecule has 9 rings (SSSR count). The highest BCUT2D eigenvalue weighted by molar-refractivity contribution is 7.98. The van der Waals surface area contributed by atoms with Crippen LogP contribution in [-0.2, 0) is 45.8 Å². The summed E-state index contributed by atoms with van der Waals surface area (Å²) in [5.41, 5.74) is 8.01. The molecule has 4 aliphatic rings. The van der Waals surface area contributed by atoms with Gasteiger partial charge in [0.05, 0.1) is 17.8 Å². The summed E-state index contributed by atoms with van der Waals surface area (Å²) in [4.78, 5) is 57.3. The maximum absolute atomic E-state index is 13.3. The quantitative estimate of drug-likeness (QED) is 0.0680. The molecule has 0 aliphatic carbocycles. The van der Waals surface area contributed by atoms with Gasteiger partial charge < -0.3 is 19.1 Å². The van der Waals surface area contributed by atoms with Crippen molar-refractivity contribution in [2.24, 2.45) is 0 Å². The number of anilines is 1. The molecular formula is C51H57ClN7O5PS. The third kappa shape index (κ3) is 10.4. The molecule has 0 radical (unpaired) electrons. The molecule has 1 aromatic heterocycles. The molecule has 1 atom stereocenters. The Morgan fingerprint density at radius 2 is 1.61 bits per heavy atom. The number of piperazine rings is 1.